The summed E-state index contributed by atoms with van der Waals surface area (Å²) in [5, 5.41) is 9.44. The van der Waals surface area contributed by atoms with E-state index < -0.39 is 6.10 Å². The molecule has 1 aromatic rings. The van der Waals surface area contributed by atoms with Gasteiger partial charge in [-0.2, -0.15) is 0 Å². The summed E-state index contributed by atoms with van der Waals surface area (Å²) in [5.41, 5.74) is 7.84. The van der Waals surface area contributed by atoms with E-state index in [-0.39, 0.29) is 12.6 Å². The second-order valence-corrected chi connectivity index (χ2v) is 3.45. The number of aryl methyl sites for hydroxylation is 1. The summed E-state index contributed by atoms with van der Waals surface area (Å²) in [6, 6.07) is 5.52. The molecular weight excluding hydrogens is 166 g/mol. The summed E-state index contributed by atoms with van der Waals surface area (Å²) >= 11 is 0. The summed E-state index contributed by atoms with van der Waals surface area (Å²) in [6.07, 6.45) is -0.588. The smallest absolute Gasteiger partial charge is 0.124 e. The maximum atomic E-state index is 9.44. The van der Waals surface area contributed by atoms with Gasteiger partial charge in [-0.1, -0.05) is 12.1 Å². The molecule has 0 amide bonds. The standard InChI is InChI=1S/C10H13NO2/c1-6-2-3-7-9(4-6)13-5-8(12)10(7)11/h2-4,8,10,12H,5,11H2,1H3/t8-,10+/m0/s1. The van der Waals surface area contributed by atoms with Crippen molar-refractivity contribution in [2.24, 2.45) is 5.73 Å². The largest absolute Gasteiger partial charge is 0.490 e. The van der Waals surface area contributed by atoms with Crippen LogP contribution in [-0.2, 0) is 0 Å². The fraction of sp³-hybridized carbons (Fsp3) is 0.400. The van der Waals surface area contributed by atoms with Crippen LogP contribution in [-0.4, -0.2) is 17.8 Å². The number of hydrogen-bond donors (Lipinski definition) is 2. The molecule has 3 nitrogen and oxygen atoms in total. The van der Waals surface area contributed by atoms with Gasteiger partial charge in [-0.3, -0.25) is 0 Å². The molecule has 70 valence electrons. The number of benzene rings is 1. The lowest BCUT2D eigenvalue weighted by Crippen LogP contribution is -2.35. The van der Waals surface area contributed by atoms with Crippen LogP contribution < -0.4 is 10.5 Å². The van der Waals surface area contributed by atoms with Crippen LogP contribution in [0, 0.1) is 6.92 Å². The van der Waals surface area contributed by atoms with Gasteiger partial charge in [0.05, 0.1) is 6.04 Å². The Hall–Kier alpha value is -1.06. The van der Waals surface area contributed by atoms with Gasteiger partial charge < -0.3 is 15.6 Å². The lowest BCUT2D eigenvalue weighted by Gasteiger charge is -2.27. The fourth-order valence-corrected chi connectivity index (χ4v) is 1.53. The average molecular weight is 179 g/mol. The second-order valence-electron chi connectivity index (χ2n) is 3.45. The first-order valence-corrected chi connectivity index (χ1v) is 4.35. The molecule has 3 heteroatoms. The van der Waals surface area contributed by atoms with E-state index in [0.29, 0.717) is 0 Å². The van der Waals surface area contributed by atoms with Crippen molar-refractivity contribution in [2.75, 3.05) is 6.61 Å². The SMILES string of the molecule is Cc1ccc2c(c1)OC[C@H](O)[C@@H]2N. The maximum absolute atomic E-state index is 9.44. The van der Waals surface area contributed by atoms with Crippen molar-refractivity contribution < 1.29 is 9.84 Å². The molecule has 0 saturated heterocycles. The predicted octanol–water partition coefficient (Wildman–Crippen LogP) is 0.748. The van der Waals surface area contributed by atoms with E-state index in [1.807, 2.05) is 25.1 Å². The number of fused-ring (bicyclic) bond motifs is 1. The van der Waals surface area contributed by atoms with Crippen molar-refractivity contribution in [1.82, 2.24) is 0 Å². The Labute approximate surface area is 77.1 Å². The predicted molar refractivity (Wildman–Crippen MR) is 49.6 cm³/mol. The first kappa shape index (κ1) is 8.53. The highest BCUT2D eigenvalue weighted by Gasteiger charge is 2.25. The van der Waals surface area contributed by atoms with Gasteiger partial charge in [-0.05, 0) is 18.6 Å². The molecular formula is C10H13NO2. The molecule has 0 fully saturated rings. The quantitative estimate of drug-likeness (QED) is 0.618. The van der Waals surface area contributed by atoms with E-state index in [0.717, 1.165) is 16.9 Å². The zero-order chi connectivity index (χ0) is 9.42. The molecule has 2 atom stereocenters. The molecule has 1 heterocycles. The molecule has 0 bridgehead atoms. The maximum Gasteiger partial charge on any atom is 0.124 e. The molecule has 0 aromatic heterocycles. The third-order valence-corrected chi connectivity index (χ3v) is 2.35. The molecule has 0 unspecified atom stereocenters. The van der Waals surface area contributed by atoms with Crippen molar-refractivity contribution in [3.63, 3.8) is 0 Å². The number of aliphatic hydroxyl groups is 1. The van der Waals surface area contributed by atoms with Crippen LogP contribution in [0.25, 0.3) is 0 Å². The number of nitrogens with two attached hydrogens (primary N) is 1. The Morgan fingerprint density at radius 1 is 1.54 bits per heavy atom. The first-order valence-electron chi connectivity index (χ1n) is 4.35. The highest BCUT2D eigenvalue weighted by atomic mass is 16.5. The monoisotopic (exact) mass is 179 g/mol. The van der Waals surface area contributed by atoms with E-state index in [1.165, 1.54) is 0 Å². The molecule has 0 aliphatic carbocycles. The minimum Gasteiger partial charge on any atom is -0.490 e. The summed E-state index contributed by atoms with van der Waals surface area (Å²) < 4.78 is 5.36. The molecule has 3 N–H and O–H groups in total. The summed E-state index contributed by atoms with van der Waals surface area (Å²) in [7, 11) is 0. The van der Waals surface area contributed by atoms with Crippen molar-refractivity contribution >= 4 is 0 Å². The Kier molecular flexibility index (Phi) is 1.98. The molecule has 13 heavy (non-hydrogen) atoms. The van der Waals surface area contributed by atoms with Crippen molar-refractivity contribution in [2.45, 2.75) is 19.1 Å². The van der Waals surface area contributed by atoms with Gasteiger partial charge in [0.25, 0.3) is 0 Å². The van der Waals surface area contributed by atoms with Gasteiger partial charge in [-0.15, -0.1) is 0 Å². The van der Waals surface area contributed by atoms with E-state index in [9.17, 15) is 5.11 Å². The lowest BCUT2D eigenvalue weighted by atomic mass is 9.98. The molecule has 0 spiro atoms. The molecule has 1 aliphatic rings. The van der Waals surface area contributed by atoms with Gasteiger partial charge in [0, 0.05) is 5.56 Å². The van der Waals surface area contributed by atoms with Crippen molar-refractivity contribution in [3.05, 3.63) is 29.3 Å². The van der Waals surface area contributed by atoms with Crippen molar-refractivity contribution in [3.8, 4) is 5.75 Å². The minimum absolute atomic E-state index is 0.289. The van der Waals surface area contributed by atoms with Gasteiger partial charge in [0.1, 0.15) is 18.5 Å². The summed E-state index contributed by atoms with van der Waals surface area (Å²) in [6.45, 7) is 2.29. The van der Waals surface area contributed by atoms with E-state index >= 15 is 0 Å². The van der Waals surface area contributed by atoms with Crippen LogP contribution in [0.2, 0.25) is 0 Å². The van der Waals surface area contributed by atoms with Crippen LogP contribution in [0.4, 0.5) is 0 Å². The molecule has 0 radical (unpaired) electrons. The van der Waals surface area contributed by atoms with Crippen LogP contribution in [0.1, 0.15) is 17.2 Å². The zero-order valence-corrected chi connectivity index (χ0v) is 7.53. The number of aliphatic hydroxyl groups excluding tert-OH is 1. The highest BCUT2D eigenvalue weighted by molar-refractivity contribution is 5.41. The van der Waals surface area contributed by atoms with Crippen LogP contribution in [0.15, 0.2) is 18.2 Å². The van der Waals surface area contributed by atoms with Crippen molar-refractivity contribution in [1.29, 1.82) is 0 Å². The Morgan fingerprint density at radius 3 is 3.08 bits per heavy atom. The fourth-order valence-electron chi connectivity index (χ4n) is 1.53. The normalized spacial score (nSPS) is 26.4. The van der Waals surface area contributed by atoms with Crippen LogP contribution in [0.3, 0.4) is 0 Å². The number of hydrogen-bond acceptors (Lipinski definition) is 3. The topological polar surface area (TPSA) is 55.5 Å². The van der Waals surface area contributed by atoms with E-state index in [1.54, 1.807) is 0 Å². The lowest BCUT2D eigenvalue weighted by molar-refractivity contribution is 0.0678. The summed E-state index contributed by atoms with van der Waals surface area (Å²) in [5.74, 6) is 0.804. The van der Waals surface area contributed by atoms with Gasteiger partial charge in [0.15, 0.2) is 0 Å². The average Bonchev–Trinajstić information content (AvgIpc) is 2.12. The third-order valence-electron chi connectivity index (χ3n) is 2.35. The molecule has 1 aliphatic heterocycles. The Bertz CT molecular complexity index is 325. The number of rotatable bonds is 0. The van der Waals surface area contributed by atoms with E-state index in [2.05, 4.69) is 0 Å². The molecule has 0 saturated carbocycles. The van der Waals surface area contributed by atoms with Crippen LogP contribution in [0.5, 0.6) is 5.75 Å². The summed E-state index contributed by atoms with van der Waals surface area (Å²) in [4.78, 5) is 0. The zero-order valence-electron chi connectivity index (χ0n) is 7.53. The minimum atomic E-state index is -0.588. The van der Waals surface area contributed by atoms with Crippen LogP contribution >= 0.6 is 0 Å². The molecule has 1 aromatic carbocycles. The van der Waals surface area contributed by atoms with Gasteiger partial charge in [0.2, 0.25) is 0 Å². The third kappa shape index (κ3) is 1.41. The van der Waals surface area contributed by atoms with Gasteiger partial charge >= 0.3 is 0 Å². The van der Waals surface area contributed by atoms with E-state index in [4.69, 9.17) is 10.5 Å². The number of ether oxygens (including phenoxy) is 1. The second kappa shape index (κ2) is 3.01. The highest BCUT2D eigenvalue weighted by Crippen LogP contribution is 2.31. The Morgan fingerprint density at radius 2 is 2.31 bits per heavy atom. The van der Waals surface area contributed by atoms with Gasteiger partial charge in [-0.25, -0.2) is 0 Å². The Balaban J connectivity index is 2.44. The molecule has 2 rings (SSSR count). The first-order chi connectivity index (χ1) is 6.18.